The van der Waals surface area contributed by atoms with Gasteiger partial charge in [0.25, 0.3) is 0 Å². The second-order valence-electron chi connectivity index (χ2n) is 5.59. The lowest BCUT2D eigenvalue weighted by molar-refractivity contribution is -0.117. The summed E-state index contributed by atoms with van der Waals surface area (Å²) in [4.78, 5) is 12.7. The summed E-state index contributed by atoms with van der Waals surface area (Å²) in [7, 11) is 1.59. The highest BCUT2D eigenvalue weighted by atomic mass is 35.5. The summed E-state index contributed by atoms with van der Waals surface area (Å²) in [5.74, 6) is 0.552. The molecule has 0 saturated heterocycles. The third-order valence-electron chi connectivity index (χ3n) is 4.20. The molecule has 4 nitrogen and oxygen atoms in total. The molecule has 0 spiro atoms. The first-order valence-electron chi connectivity index (χ1n) is 7.51. The molecule has 5 heteroatoms. The maximum absolute atomic E-state index is 12.7. The van der Waals surface area contributed by atoms with Gasteiger partial charge in [-0.05, 0) is 42.5 Å². The van der Waals surface area contributed by atoms with Crippen LogP contribution in [-0.2, 0) is 11.2 Å². The molecule has 1 aliphatic carbocycles. The molecule has 3 N–H and O–H groups in total. The number of carbonyl (C=O) groups is 1. The zero-order chi connectivity index (χ0) is 15.5. The Morgan fingerprint density at radius 3 is 2.83 bits per heavy atom. The van der Waals surface area contributed by atoms with Crippen molar-refractivity contribution in [2.45, 2.75) is 25.2 Å². The van der Waals surface area contributed by atoms with Crippen molar-refractivity contribution in [3.8, 4) is 5.75 Å². The van der Waals surface area contributed by atoms with Crippen LogP contribution in [-0.4, -0.2) is 13.0 Å². The fourth-order valence-electron chi connectivity index (χ4n) is 3.02. The van der Waals surface area contributed by atoms with E-state index in [9.17, 15) is 4.79 Å². The van der Waals surface area contributed by atoms with Gasteiger partial charge in [-0.15, -0.1) is 12.4 Å². The minimum absolute atomic E-state index is 0. The first-order valence-corrected chi connectivity index (χ1v) is 7.51. The molecule has 0 aromatic heterocycles. The molecular weight excluding hydrogens is 312 g/mol. The van der Waals surface area contributed by atoms with Crippen molar-refractivity contribution in [1.29, 1.82) is 0 Å². The molecule has 0 heterocycles. The Balaban J connectivity index is 0.00000192. The number of nitrogens with two attached hydrogens (primary N) is 1. The summed E-state index contributed by atoms with van der Waals surface area (Å²) < 4.78 is 5.19. The molecule has 1 unspecified atom stereocenters. The van der Waals surface area contributed by atoms with Gasteiger partial charge in [0.1, 0.15) is 5.75 Å². The Labute approximate surface area is 142 Å². The van der Waals surface area contributed by atoms with Crippen molar-refractivity contribution >= 4 is 29.7 Å². The highest BCUT2D eigenvalue weighted by Gasteiger charge is 2.26. The zero-order valence-electron chi connectivity index (χ0n) is 13.0. The molecule has 0 aliphatic heterocycles. The number of benzene rings is 2. The van der Waals surface area contributed by atoms with Gasteiger partial charge in [-0.25, -0.2) is 0 Å². The average molecular weight is 333 g/mol. The monoisotopic (exact) mass is 332 g/mol. The Hall–Kier alpha value is -2.20. The summed E-state index contributed by atoms with van der Waals surface area (Å²) in [6, 6.07) is 13.4. The van der Waals surface area contributed by atoms with Gasteiger partial charge in [-0.2, -0.15) is 0 Å². The number of anilines is 2. The molecule has 0 saturated carbocycles. The van der Waals surface area contributed by atoms with Gasteiger partial charge in [-0.3, -0.25) is 4.79 Å². The summed E-state index contributed by atoms with van der Waals surface area (Å²) in [6.07, 6.45) is 2.94. The number of amides is 1. The van der Waals surface area contributed by atoms with Gasteiger partial charge in [0.05, 0.1) is 24.4 Å². The predicted octanol–water partition coefficient (Wildman–Crippen LogP) is 3.76. The highest BCUT2D eigenvalue weighted by molar-refractivity contribution is 5.98. The summed E-state index contributed by atoms with van der Waals surface area (Å²) in [5, 5.41) is 2.95. The van der Waals surface area contributed by atoms with Gasteiger partial charge in [0.2, 0.25) is 5.91 Å². The van der Waals surface area contributed by atoms with E-state index in [1.54, 1.807) is 25.3 Å². The van der Waals surface area contributed by atoms with Gasteiger partial charge in [0, 0.05) is 6.07 Å². The molecule has 1 aliphatic rings. The number of hydrogen-bond acceptors (Lipinski definition) is 3. The minimum atomic E-state index is -0.115. The van der Waals surface area contributed by atoms with E-state index >= 15 is 0 Å². The first kappa shape index (κ1) is 17.2. The number of ether oxygens (including phenoxy) is 1. The molecule has 2 aromatic rings. The predicted molar refractivity (Wildman–Crippen MR) is 95.4 cm³/mol. The van der Waals surface area contributed by atoms with Gasteiger partial charge < -0.3 is 15.8 Å². The summed E-state index contributed by atoms with van der Waals surface area (Å²) >= 11 is 0. The van der Waals surface area contributed by atoms with Crippen LogP contribution >= 0.6 is 12.4 Å². The largest absolute Gasteiger partial charge is 0.497 e. The standard InChI is InChI=1S/C18H20N2O2.ClH/c1-22-13-9-10-16(19)17(11-13)20-18(21)15-8-4-6-12-5-2-3-7-14(12)15;/h2-3,5,7,9-11,15H,4,6,8,19H2,1H3,(H,20,21);1H. The van der Waals surface area contributed by atoms with Crippen LogP contribution in [0.2, 0.25) is 0 Å². The smallest absolute Gasteiger partial charge is 0.231 e. The Morgan fingerprint density at radius 1 is 1.26 bits per heavy atom. The third kappa shape index (κ3) is 3.59. The van der Waals surface area contributed by atoms with Crippen LogP contribution in [0.1, 0.15) is 29.9 Å². The molecule has 0 radical (unpaired) electrons. The van der Waals surface area contributed by atoms with Crippen LogP contribution in [0.3, 0.4) is 0 Å². The number of nitrogens with one attached hydrogen (secondary N) is 1. The van der Waals surface area contributed by atoms with E-state index in [1.165, 1.54) is 5.56 Å². The molecule has 1 amide bonds. The maximum atomic E-state index is 12.7. The van der Waals surface area contributed by atoms with Gasteiger partial charge in [-0.1, -0.05) is 24.3 Å². The van der Waals surface area contributed by atoms with Crippen molar-refractivity contribution < 1.29 is 9.53 Å². The number of fused-ring (bicyclic) bond motifs is 1. The number of nitrogen functional groups attached to an aromatic ring is 1. The molecule has 0 bridgehead atoms. The number of halogens is 1. The van der Waals surface area contributed by atoms with Gasteiger partial charge >= 0.3 is 0 Å². The highest BCUT2D eigenvalue weighted by Crippen LogP contribution is 2.33. The fourth-order valence-corrected chi connectivity index (χ4v) is 3.02. The lowest BCUT2D eigenvalue weighted by Crippen LogP contribution is -2.25. The zero-order valence-corrected chi connectivity index (χ0v) is 13.9. The molecule has 23 heavy (non-hydrogen) atoms. The molecule has 122 valence electrons. The van der Waals surface area contributed by atoms with E-state index in [-0.39, 0.29) is 24.2 Å². The van der Waals surface area contributed by atoms with Crippen molar-refractivity contribution in [3.05, 3.63) is 53.6 Å². The van der Waals surface area contributed by atoms with E-state index in [0.29, 0.717) is 17.1 Å². The van der Waals surface area contributed by atoms with Crippen LogP contribution in [0.15, 0.2) is 42.5 Å². The lowest BCUT2D eigenvalue weighted by Gasteiger charge is -2.25. The van der Waals surface area contributed by atoms with Crippen LogP contribution in [0.25, 0.3) is 0 Å². The molecule has 0 fully saturated rings. The van der Waals surface area contributed by atoms with E-state index in [4.69, 9.17) is 10.5 Å². The van der Waals surface area contributed by atoms with Gasteiger partial charge in [0.15, 0.2) is 0 Å². The Kier molecular flexibility index (Phi) is 5.50. The van der Waals surface area contributed by atoms with Crippen LogP contribution in [0.5, 0.6) is 5.75 Å². The normalized spacial score (nSPS) is 16.0. The second kappa shape index (κ2) is 7.38. The number of carbonyl (C=O) groups excluding carboxylic acids is 1. The number of hydrogen-bond donors (Lipinski definition) is 2. The lowest BCUT2D eigenvalue weighted by atomic mass is 9.82. The maximum Gasteiger partial charge on any atom is 0.231 e. The SMILES string of the molecule is COc1ccc(N)c(NC(=O)C2CCCc3ccccc32)c1.Cl. The van der Waals surface area contributed by atoms with Crippen LogP contribution in [0, 0.1) is 0 Å². The Morgan fingerprint density at radius 2 is 2.04 bits per heavy atom. The minimum Gasteiger partial charge on any atom is -0.497 e. The summed E-state index contributed by atoms with van der Waals surface area (Å²) in [5.41, 5.74) is 9.49. The fraction of sp³-hybridized carbons (Fsp3) is 0.278. The quantitative estimate of drug-likeness (QED) is 0.841. The number of rotatable bonds is 3. The second-order valence-corrected chi connectivity index (χ2v) is 5.59. The van der Waals surface area contributed by atoms with Crippen LogP contribution < -0.4 is 15.8 Å². The molecular formula is C18H21ClN2O2. The van der Waals surface area contributed by atoms with Crippen molar-refractivity contribution in [2.75, 3.05) is 18.2 Å². The molecule has 2 aromatic carbocycles. The van der Waals surface area contributed by atoms with E-state index in [1.807, 2.05) is 18.2 Å². The number of aryl methyl sites for hydroxylation is 1. The van der Waals surface area contributed by atoms with E-state index in [2.05, 4.69) is 11.4 Å². The third-order valence-corrected chi connectivity index (χ3v) is 4.20. The van der Waals surface area contributed by atoms with Crippen LogP contribution in [0.4, 0.5) is 11.4 Å². The number of methoxy groups -OCH3 is 1. The van der Waals surface area contributed by atoms with E-state index in [0.717, 1.165) is 24.8 Å². The van der Waals surface area contributed by atoms with Crippen molar-refractivity contribution in [3.63, 3.8) is 0 Å². The molecule has 1 atom stereocenters. The topological polar surface area (TPSA) is 64.3 Å². The summed E-state index contributed by atoms with van der Waals surface area (Å²) in [6.45, 7) is 0. The van der Waals surface area contributed by atoms with Crippen molar-refractivity contribution in [1.82, 2.24) is 0 Å². The first-order chi connectivity index (χ1) is 10.7. The van der Waals surface area contributed by atoms with Crippen molar-refractivity contribution in [2.24, 2.45) is 0 Å². The Bertz CT molecular complexity index is 703. The van der Waals surface area contributed by atoms with E-state index < -0.39 is 0 Å². The molecule has 3 rings (SSSR count). The average Bonchev–Trinajstić information content (AvgIpc) is 2.56.